The van der Waals surface area contributed by atoms with Gasteiger partial charge in [-0.25, -0.2) is 4.79 Å². The number of esters is 2. The summed E-state index contributed by atoms with van der Waals surface area (Å²) in [5.41, 5.74) is 2.13. The van der Waals surface area contributed by atoms with Crippen LogP contribution in [0.15, 0.2) is 22.8 Å². The quantitative estimate of drug-likeness (QED) is 0.267. The Kier molecular flexibility index (Phi) is 8.02. The van der Waals surface area contributed by atoms with Gasteiger partial charge in [0.15, 0.2) is 0 Å². The third-order valence-electron chi connectivity index (χ3n) is 11.7. The Morgan fingerprint density at radius 1 is 1.03 bits per heavy atom. The molecule has 10 atom stereocenters. The molecule has 0 aromatic heterocycles. The molecule has 38 heavy (non-hydrogen) atoms. The number of hydrogen-bond acceptors (Lipinski definition) is 6. The van der Waals surface area contributed by atoms with Gasteiger partial charge < -0.3 is 19.7 Å². The second kappa shape index (κ2) is 10.4. The fraction of sp³-hybridized carbons (Fsp3) is 0.812. The Morgan fingerprint density at radius 3 is 2.32 bits per heavy atom. The van der Waals surface area contributed by atoms with Gasteiger partial charge >= 0.3 is 11.9 Å². The van der Waals surface area contributed by atoms with Crippen LogP contribution in [-0.4, -0.2) is 47.6 Å². The number of rotatable bonds is 5. The lowest BCUT2D eigenvalue weighted by Gasteiger charge is -2.69. The van der Waals surface area contributed by atoms with Crippen molar-refractivity contribution in [1.82, 2.24) is 0 Å². The predicted octanol–water partition coefficient (Wildman–Crippen LogP) is 5.75. The summed E-state index contributed by atoms with van der Waals surface area (Å²) in [5, 5.41) is 22.7. The Bertz CT molecular complexity index is 1010. The number of carbonyl (C=O) groups is 2. The third kappa shape index (κ3) is 4.48. The average molecular weight is 531 g/mol. The Labute approximate surface area is 229 Å². The van der Waals surface area contributed by atoms with Gasteiger partial charge in [-0.3, -0.25) is 4.79 Å². The molecule has 0 bridgehead atoms. The summed E-state index contributed by atoms with van der Waals surface area (Å²) in [4.78, 5) is 25.5. The van der Waals surface area contributed by atoms with Crippen molar-refractivity contribution < 1.29 is 29.3 Å². The van der Waals surface area contributed by atoms with E-state index in [1.807, 2.05) is 13.8 Å². The van der Waals surface area contributed by atoms with Crippen LogP contribution in [0.25, 0.3) is 0 Å². The molecule has 0 spiro atoms. The zero-order chi connectivity index (χ0) is 28.2. The summed E-state index contributed by atoms with van der Waals surface area (Å²) < 4.78 is 11.2. The van der Waals surface area contributed by atoms with Crippen LogP contribution < -0.4 is 0 Å². The lowest BCUT2D eigenvalue weighted by atomic mass is 9.36. The highest BCUT2D eigenvalue weighted by atomic mass is 16.5. The third-order valence-corrected chi connectivity index (χ3v) is 11.7. The van der Waals surface area contributed by atoms with Gasteiger partial charge in [0.05, 0.1) is 19.3 Å². The monoisotopic (exact) mass is 530 g/mol. The maximum absolute atomic E-state index is 13.2. The van der Waals surface area contributed by atoms with Crippen LogP contribution in [0.2, 0.25) is 0 Å². The molecule has 4 saturated carbocycles. The molecule has 10 unspecified atom stereocenters. The molecule has 6 heteroatoms. The van der Waals surface area contributed by atoms with E-state index in [1.165, 1.54) is 19.6 Å². The largest absolute Gasteiger partial charge is 0.466 e. The molecule has 0 saturated heterocycles. The van der Waals surface area contributed by atoms with E-state index in [0.29, 0.717) is 37.2 Å². The topological polar surface area (TPSA) is 93.1 Å². The van der Waals surface area contributed by atoms with Gasteiger partial charge in [-0.15, -0.1) is 0 Å². The number of aliphatic hydroxyl groups excluding tert-OH is 2. The number of fused-ring (bicyclic) bond motifs is 5. The second-order valence-corrected chi connectivity index (χ2v) is 13.8. The summed E-state index contributed by atoms with van der Waals surface area (Å²) in [6.07, 6.45) is 6.87. The van der Waals surface area contributed by atoms with Crippen molar-refractivity contribution in [1.29, 1.82) is 0 Å². The van der Waals surface area contributed by atoms with Crippen molar-refractivity contribution in [2.24, 2.45) is 39.9 Å². The first-order chi connectivity index (χ1) is 17.7. The van der Waals surface area contributed by atoms with Gasteiger partial charge in [0.1, 0.15) is 6.10 Å². The maximum atomic E-state index is 13.2. The fourth-order valence-electron chi connectivity index (χ4n) is 9.90. The number of methoxy groups -OCH3 is 1. The molecule has 4 rings (SSSR count). The minimum Gasteiger partial charge on any atom is -0.466 e. The predicted molar refractivity (Wildman–Crippen MR) is 147 cm³/mol. The standard InChI is InChI=1S/C32H50O6/c1-18(2)10-9-11-21(29(36)37-8)27-23-16-25(35)28-30(5)14-13-24(34)19(3)22(30)12-15-31(28,6)32(23,7)17-26(27)38-20(4)33/h10,19,22-26,28,34-35H,9,11-17H2,1-8H3. The van der Waals surface area contributed by atoms with E-state index < -0.39 is 12.2 Å². The number of carbonyl (C=O) groups excluding carboxylic acids is 2. The van der Waals surface area contributed by atoms with Gasteiger partial charge in [-0.05, 0) is 111 Å². The van der Waals surface area contributed by atoms with Crippen molar-refractivity contribution in [3.8, 4) is 0 Å². The second-order valence-electron chi connectivity index (χ2n) is 13.8. The molecule has 4 aliphatic rings. The van der Waals surface area contributed by atoms with Gasteiger partial charge in [-0.2, -0.15) is 0 Å². The first-order valence-corrected chi connectivity index (χ1v) is 14.7. The summed E-state index contributed by atoms with van der Waals surface area (Å²) in [5.74, 6) is -0.128. The van der Waals surface area contributed by atoms with E-state index >= 15 is 0 Å². The lowest BCUT2D eigenvalue weighted by molar-refractivity contribution is -0.234. The van der Waals surface area contributed by atoms with Crippen molar-refractivity contribution in [2.45, 2.75) is 118 Å². The molecular formula is C32H50O6. The molecule has 0 aromatic carbocycles. The minimum absolute atomic E-state index is 0.0724. The van der Waals surface area contributed by atoms with E-state index in [9.17, 15) is 19.8 Å². The van der Waals surface area contributed by atoms with Crippen LogP contribution in [0.3, 0.4) is 0 Å². The van der Waals surface area contributed by atoms with Crippen LogP contribution in [0.4, 0.5) is 0 Å². The Hall–Kier alpha value is -1.66. The van der Waals surface area contributed by atoms with E-state index in [1.54, 1.807) is 0 Å². The molecule has 0 amide bonds. The van der Waals surface area contributed by atoms with E-state index in [2.05, 4.69) is 33.8 Å². The molecule has 4 fully saturated rings. The van der Waals surface area contributed by atoms with Crippen LogP contribution >= 0.6 is 0 Å². The zero-order valence-corrected chi connectivity index (χ0v) is 24.8. The highest BCUT2D eigenvalue weighted by Gasteiger charge is 2.70. The zero-order valence-electron chi connectivity index (χ0n) is 24.8. The molecular weight excluding hydrogens is 480 g/mol. The van der Waals surface area contributed by atoms with Crippen LogP contribution in [0, 0.1) is 39.9 Å². The smallest absolute Gasteiger partial charge is 0.333 e. The Morgan fingerprint density at radius 2 is 1.71 bits per heavy atom. The normalized spacial score (nSPS) is 45.3. The number of allylic oxidation sites excluding steroid dienone is 2. The summed E-state index contributed by atoms with van der Waals surface area (Å²) in [6.45, 7) is 14.7. The number of ether oxygens (including phenoxy) is 2. The van der Waals surface area contributed by atoms with Crippen molar-refractivity contribution in [3.05, 3.63) is 22.8 Å². The van der Waals surface area contributed by atoms with Crippen LogP contribution in [0.1, 0.15) is 99.8 Å². The van der Waals surface area contributed by atoms with Gasteiger partial charge in [0.2, 0.25) is 0 Å². The van der Waals surface area contributed by atoms with E-state index in [4.69, 9.17) is 9.47 Å². The SMILES string of the molecule is COC(=O)C(CCC=C(C)C)=C1C(OC(C)=O)CC2(C)C1CC(O)C1C3(C)CCC(O)C(C)C3CCC12C. The fourth-order valence-corrected chi connectivity index (χ4v) is 9.90. The van der Waals surface area contributed by atoms with E-state index in [0.717, 1.165) is 31.3 Å². The Balaban J connectivity index is 1.84. The molecule has 0 radical (unpaired) electrons. The van der Waals surface area contributed by atoms with Gasteiger partial charge in [-0.1, -0.05) is 39.3 Å². The molecule has 4 aliphatic carbocycles. The highest BCUT2D eigenvalue weighted by Crippen LogP contribution is 2.74. The maximum Gasteiger partial charge on any atom is 0.333 e. The summed E-state index contributed by atoms with van der Waals surface area (Å²) in [7, 11) is 1.41. The average Bonchev–Trinajstić information content (AvgIpc) is 3.10. The number of aliphatic hydroxyl groups is 2. The molecule has 0 aliphatic heterocycles. The van der Waals surface area contributed by atoms with Crippen molar-refractivity contribution in [3.63, 3.8) is 0 Å². The van der Waals surface area contributed by atoms with Crippen LogP contribution in [-0.2, 0) is 19.1 Å². The summed E-state index contributed by atoms with van der Waals surface area (Å²) in [6, 6.07) is 0. The number of hydrogen-bond donors (Lipinski definition) is 2. The lowest BCUT2D eigenvalue weighted by Crippen LogP contribution is -2.65. The van der Waals surface area contributed by atoms with E-state index in [-0.39, 0.29) is 52.0 Å². The van der Waals surface area contributed by atoms with Crippen LogP contribution in [0.5, 0.6) is 0 Å². The van der Waals surface area contributed by atoms with Crippen molar-refractivity contribution in [2.75, 3.05) is 7.11 Å². The molecule has 0 heterocycles. The molecule has 0 aromatic rings. The first-order valence-electron chi connectivity index (χ1n) is 14.7. The minimum atomic E-state index is -0.531. The summed E-state index contributed by atoms with van der Waals surface area (Å²) >= 11 is 0. The molecule has 6 nitrogen and oxygen atoms in total. The first kappa shape index (κ1) is 29.3. The van der Waals surface area contributed by atoms with Gasteiger partial charge in [0.25, 0.3) is 0 Å². The molecule has 214 valence electrons. The van der Waals surface area contributed by atoms with Crippen molar-refractivity contribution >= 4 is 11.9 Å². The molecule has 2 N–H and O–H groups in total. The highest BCUT2D eigenvalue weighted by molar-refractivity contribution is 5.90. The van der Waals surface area contributed by atoms with Gasteiger partial charge in [0, 0.05) is 12.5 Å².